The summed E-state index contributed by atoms with van der Waals surface area (Å²) in [6.45, 7) is -0.364. The molecular formula is C21H20N2O4. The third-order valence-corrected chi connectivity index (χ3v) is 4.04. The maximum absolute atomic E-state index is 12.4. The quantitative estimate of drug-likeness (QED) is 0.632. The van der Waals surface area contributed by atoms with Crippen LogP contribution in [0.15, 0.2) is 72.9 Å². The molecule has 0 bridgehead atoms. The minimum atomic E-state index is -0.573. The zero-order valence-corrected chi connectivity index (χ0v) is 14.8. The standard InChI is InChI=1S/C21H20N2O4/c1-26-17-11-9-16(10-12-17)20(15-6-3-2-4-7-15)23-19(24)14-27-21(25)18-8-5-13-22-18/h2-13,20,22H,14H2,1H3,(H,23,24)/t20-/m1/s1. The zero-order chi connectivity index (χ0) is 19.1. The topological polar surface area (TPSA) is 80.4 Å². The van der Waals surface area contributed by atoms with Gasteiger partial charge in [-0.2, -0.15) is 0 Å². The Bertz CT molecular complexity index is 874. The van der Waals surface area contributed by atoms with E-state index in [4.69, 9.17) is 9.47 Å². The number of aromatic nitrogens is 1. The molecule has 0 spiro atoms. The minimum Gasteiger partial charge on any atom is -0.497 e. The number of aromatic amines is 1. The van der Waals surface area contributed by atoms with Crippen molar-refractivity contribution in [3.8, 4) is 5.75 Å². The molecule has 2 aromatic carbocycles. The van der Waals surface area contributed by atoms with Gasteiger partial charge in [0, 0.05) is 6.20 Å². The SMILES string of the molecule is COc1ccc([C@H](NC(=O)COC(=O)c2ccc[nH]2)c2ccccc2)cc1. The first-order valence-electron chi connectivity index (χ1n) is 8.46. The Morgan fingerprint density at radius 2 is 1.67 bits per heavy atom. The van der Waals surface area contributed by atoms with Gasteiger partial charge in [-0.1, -0.05) is 42.5 Å². The molecule has 0 fully saturated rings. The fraction of sp³-hybridized carbons (Fsp3) is 0.143. The van der Waals surface area contributed by atoms with Crippen molar-refractivity contribution in [1.29, 1.82) is 0 Å². The number of carbonyl (C=O) groups is 2. The highest BCUT2D eigenvalue weighted by Crippen LogP contribution is 2.24. The summed E-state index contributed by atoms with van der Waals surface area (Å²) in [7, 11) is 1.60. The molecule has 2 N–H and O–H groups in total. The average Bonchev–Trinajstić information content (AvgIpc) is 3.26. The Hall–Kier alpha value is -3.54. The molecule has 6 nitrogen and oxygen atoms in total. The predicted octanol–water partition coefficient (Wildman–Crippen LogP) is 3.09. The Labute approximate surface area is 157 Å². The summed E-state index contributed by atoms with van der Waals surface area (Å²) in [5, 5.41) is 2.92. The van der Waals surface area contributed by atoms with Crippen LogP contribution in [0.3, 0.4) is 0 Å². The highest BCUT2D eigenvalue weighted by Gasteiger charge is 2.18. The number of esters is 1. The number of hydrogen-bond donors (Lipinski definition) is 2. The van der Waals surface area contributed by atoms with Gasteiger partial charge in [0.1, 0.15) is 11.4 Å². The molecule has 1 heterocycles. The second-order valence-corrected chi connectivity index (χ2v) is 5.84. The summed E-state index contributed by atoms with van der Waals surface area (Å²) in [5.41, 5.74) is 2.12. The summed E-state index contributed by atoms with van der Waals surface area (Å²) in [6.07, 6.45) is 1.62. The van der Waals surface area contributed by atoms with Crippen LogP contribution in [-0.4, -0.2) is 30.6 Å². The van der Waals surface area contributed by atoms with Crippen molar-refractivity contribution in [2.24, 2.45) is 0 Å². The third kappa shape index (κ3) is 4.76. The molecule has 27 heavy (non-hydrogen) atoms. The largest absolute Gasteiger partial charge is 0.497 e. The Balaban J connectivity index is 1.71. The van der Waals surface area contributed by atoms with Gasteiger partial charge in [-0.15, -0.1) is 0 Å². The monoisotopic (exact) mass is 364 g/mol. The molecule has 6 heteroatoms. The Morgan fingerprint density at radius 3 is 2.30 bits per heavy atom. The van der Waals surface area contributed by atoms with E-state index < -0.39 is 5.97 Å². The van der Waals surface area contributed by atoms with Crippen molar-refractivity contribution in [2.75, 3.05) is 13.7 Å². The molecule has 0 aliphatic carbocycles. The maximum atomic E-state index is 12.4. The van der Waals surface area contributed by atoms with Crippen molar-refractivity contribution in [2.45, 2.75) is 6.04 Å². The number of methoxy groups -OCH3 is 1. The van der Waals surface area contributed by atoms with Gasteiger partial charge in [0.2, 0.25) is 0 Å². The highest BCUT2D eigenvalue weighted by atomic mass is 16.5. The van der Waals surface area contributed by atoms with Crippen LogP contribution in [0.25, 0.3) is 0 Å². The van der Waals surface area contributed by atoms with Crippen LogP contribution in [0.5, 0.6) is 5.75 Å². The summed E-state index contributed by atoms with van der Waals surface area (Å²) in [6, 6.07) is 19.9. The van der Waals surface area contributed by atoms with Gasteiger partial charge < -0.3 is 19.8 Å². The van der Waals surface area contributed by atoms with E-state index in [1.165, 1.54) is 0 Å². The van der Waals surface area contributed by atoms with Crippen molar-refractivity contribution >= 4 is 11.9 Å². The number of nitrogens with one attached hydrogen (secondary N) is 2. The maximum Gasteiger partial charge on any atom is 0.355 e. The van der Waals surface area contributed by atoms with E-state index >= 15 is 0 Å². The summed E-state index contributed by atoms with van der Waals surface area (Å²) < 4.78 is 10.2. The van der Waals surface area contributed by atoms with Gasteiger partial charge in [-0.05, 0) is 35.4 Å². The molecule has 0 radical (unpaired) electrons. The van der Waals surface area contributed by atoms with Crippen LogP contribution in [0.1, 0.15) is 27.7 Å². The lowest BCUT2D eigenvalue weighted by atomic mass is 9.98. The van der Waals surface area contributed by atoms with E-state index in [0.717, 1.165) is 16.9 Å². The first kappa shape index (κ1) is 18.3. The fourth-order valence-electron chi connectivity index (χ4n) is 2.67. The van der Waals surface area contributed by atoms with Crippen LogP contribution in [-0.2, 0) is 9.53 Å². The van der Waals surface area contributed by atoms with E-state index in [0.29, 0.717) is 5.69 Å². The molecule has 3 rings (SSSR count). The first-order valence-corrected chi connectivity index (χ1v) is 8.46. The van der Waals surface area contributed by atoms with Crippen molar-refractivity contribution in [3.63, 3.8) is 0 Å². The van der Waals surface area contributed by atoms with Gasteiger partial charge in [0.15, 0.2) is 6.61 Å². The third-order valence-electron chi connectivity index (χ3n) is 4.04. The van der Waals surface area contributed by atoms with Gasteiger partial charge in [0.25, 0.3) is 5.91 Å². The number of carbonyl (C=O) groups excluding carboxylic acids is 2. The van der Waals surface area contributed by atoms with Gasteiger partial charge >= 0.3 is 5.97 Å². The molecule has 3 aromatic rings. The van der Waals surface area contributed by atoms with Crippen LogP contribution in [0.4, 0.5) is 0 Å². The second-order valence-electron chi connectivity index (χ2n) is 5.84. The normalized spacial score (nSPS) is 11.4. The molecule has 0 saturated carbocycles. The average molecular weight is 364 g/mol. The number of amides is 1. The number of benzene rings is 2. The van der Waals surface area contributed by atoms with Crippen molar-refractivity contribution in [3.05, 3.63) is 89.7 Å². The van der Waals surface area contributed by atoms with E-state index in [1.54, 1.807) is 25.4 Å². The Kier molecular flexibility index (Phi) is 5.89. The Morgan fingerprint density at radius 1 is 0.963 bits per heavy atom. The molecule has 0 aliphatic heterocycles. The minimum absolute atomic E-state index is 0.303. The molecule has 1 atom stereocenters. The zero-order valence-electron chi connectivity index (χ0n) is 14.8. The number of hydrogen-bond acceptors (Lipinski definition) is 4. The van der Waals surface area contributed by atoms with Crippen LogP contribution < -0.4 is 10.1 Å². The summed E-state index contributed by atoms with van der Waals surface area (Å²) in [5.74, 6) is -0.229. The van der Waals surface area contributed by atoms with Crippen LogP contribution in [0.2, 0.25) is 0 Å². The van der Waals surface area contributed by atoms with Crippen LogP contribution in [0, 0.1) is 0 Å². The predicted molar refractivity (Wildman–Crippen MR) is 100 cm³/mol. The van der Waals surface area contributed by atoms with Gasteiger partial charge in [-0.3, -0.25) is 4.79 Å². The molecule has 0 unspecified atom stereocenters. The lowest BCUT2D eigenvalue weighted by molar-refractivity contribution is -0.124. The molecule has 0 saturated heterocycles. The molecule has 0 aliphatic rings. The lowest BCUT2D eigenvalue weighted by Gasteiger charge is -2.20. The second kappa shape index (κ2) is 8.71. The highest BCUT2D eigenvalue weighted by molar-refractivity contribution is 5.89. The summed E-state index contributed by atoms with van der Waals surface area (Å²) >= 11 is 0. The first-order chi connectivity index (χ1) is 13.2. The van der Waals surface area contributed by atoms with Gasteiger partial charge in [0.05, 0.1) is 13.2 Å². The van der Waals surface area contributed by atoms with Crippen LogP contribution >= 0.6 is 0 Å². The molecule has 138 valence electrons. The number of ether oxygens (including phenoxy) is 2. The molecule has 1 amide bonds. The van der Waals surface area contributed by atoms with E-state index in [-0.39, 0.29) is 18.6 Å². The van der Waals surface area contributed by atoms with E-state index in [2.05, 4.69) is 10.3 Å². The van der Waals surface area contributed by atoms with E-state index in [1.807, 2.05) is 54.6 Å². The number of H-pyrrole nitrogens is 1. The number of rotatable bonds is 7. The molecular weight excluding hydrogens is 344 g/mol. The van der Waals surface area contributed by atoms with Crippen molar-refractivity contribution < 1.29 is 19.1 Å². The molecule has 1 aromatic heterocycles. The smallest absolute Gasteiger partial charge is 0.355 e. The van der Waals surface area contributed by atoms with Gasteiger partial charge in [-0.25, -0.2) is 4.79 Å². The van der Waals surface area contributed by atoms with E-state index in [9.17, 15) is 9.59 Å². The lowest BCUT2D eigenvalue weighted by Crippen LogP contribution is -2.33. The fourth-order valence-corrected chi connectivity index (χ4v) is 2.67. The van der Waals surface area contributed by atoms with Crippen molar-refractivity contribution in [1.82, 2.24) is 10.3 Å². The summed E-state index contributed by atoms with van der Waals surface area (Å²) in [4.78, 5) is 27.0.